The average molecular weight is 486 g/mol. The highest BCUT2D eigenvalue weighted by atomic mass is 16.2. The van der Waals surface area contributed by atoms with Crippen LogP contribution in [-0.4, -0.2) is 69.2 Å². The van der Waals surface area contributed by atoms with Crippen LogP contribution >= 0.6 is 0 Å². The van der Waals surface area contributed by atoms with E-state index in [0.717, 1.165) is 22.6 Å². The number of unbranched alkanes of at least 4 members (excludes halogenated alkanes) is 1. The molecule has 2 saturated heterocycles. The molecule has 2 aliphatic carbocycles. The van der Waals surface area contributed by atoms with Gasteiger partial charge in [-0.3, -0.25) is 29.5 Å². The van der Waals surface area contributed by atoms with Gasteiger partial charge in [-0.1, -0.05) is 13.3 Å². The Morgan fingerprint density at radius 1 is 1.09 bits per heavy atom. The molecule has 0 aromatic rings. The number of carbonyl (C=O) groups is 5. The summed E-state index contributed by atoms with van der Waals surface area (Å²) in [6.07, 6.45) is 4.56. The summed E-state index contributed by atoms with van der Waals surface area (Å²) < 4.78 is 0. The lowest BCUT2D eigenvalue weighted by Gasteiger charge is -2.47. The van der Waals surface area contributed by atoms with Crippen molar-refractivity contribution in [3.05, 3.63) is 11.4 Å². The molecule has 4 rings (SSSR count). The van der Waals surface area contributed by atoms with Crippen LogP contribution in [0, 0.1) is 16.7 Å². The molecule has 1 spiro atoms. The van der Waals surface area contributed by atoms with Gasteiger partial charge in [-0.15, -0.1) is 0 Å². The van der Waals surface area contributed by atoms with Crippen molar-refractivity contribution in [2.75, 3.05) is 13.1 Å². The fourth-order valence-corrected chi connectivity index (χ4v) is 5.58. The zero-order chi connectivity index (χ0) is 25.5. The molecule has 4 fully saturated rings. The zero-order valence-corrected chi connectivity index (χ0v) is 19.8. The van der Waals surface area contributed by atoms with E-state index >= 15 is 0 Å². The molecule has 2 saturated carbocycles. The molecule has 0 radical (unpaired) electrons. The predicted octanol–water partition coefficient (Wildman–Crippen LogP) is 0.633. The summed E-state index contributed by atoms with van der Waals surface area (Å²) >= 11 is 0. The van der Waals surface area contributed by atoms with Crippen molar-refractivity contribution in [1.29, 1.82) is 5.26 Å². The maximum atomic E-state index is 13.2. The van der Waals surface area contributed by atoms with Gasteiger partial charge in [0, 0.05) is 19.1 Å². The largest absolute Gasteiger partial charge is 0.385 e. The Balaban J connectivity index is 1.53. The lowest BCUT2D eigenvalue weighted by atomic mass is 9.70. The van der Waals surface area contributed by atoms with Crippen LogP contribution in [0.2, 0.25) is 0 Å². The van der Waals surface area contributed by atoms with E-state index in [1.807, 2.05) is 6.92 Å². The number of rotatable bonds is 6. The van der Waals surface area contributed by atoms with Crippen LogP contribution < -0.4 is 16.8 Å². The Morgan fingerprint density at radius 3 is 2.26 bits per heavy atom. The standard InChI is InChI=1S/C23H31N7O5/c1-2-3-11-28-17(31)15(16(25)26)18(32)30(21(28)35)14-5-9-22(12-24,10-6-14)13-29-20(34)27-19(33)23(29)7-4-8-23/h14H,2-11,13,25-26H2,1H3,(H,27,33,34). The van der Waals surface area contributed by atoms with Crippen molar-refractivity contribution in [2.45, 2.75) is 76.3 Å². The Labute approximate surface area is 203 Å². The molecular formula is C23H31N7O5. The number of urea groups is 2. The highest BCUT2D eigenvalue weighted by Gasteiger charge is 2.58. The van der Waals surface area contributed by atoms with Crippen LogP contribution in [0.3, 0.4) is 0 Å². The zero-order valence-electron chi connectivity index (χ0n) is 19.8. The van der Waals surface area contributed by atoms with Gasteiger partial charge in [-0.2, -0.15) is 5.26 Å². The lowest BCUT2D eigenvalue weighted by molar-refractivity contribution is -0.138. The second-order valence-corrected chi connectivity index (χ2v) is 9.95. The molecule has 35 heavy (non-hydrogen) atoms. The number of nitrogens with two attached hydrogens (primary N) is 2. The van der Waals surface area contributed by atoms with E-state index in [4.69, 9.17) is 11.5 Å². The van der Waals surface area contributed by atoms with Crippen LogP contribution in [0.1, 0.15) is 64.7 Å². The van der Waals surface area contributed by atoms with Crippen molar-refractivity contribution in [1.82, 2.24) is 20.0 Å². The first-order valence-electron chi connectivity index (χ1n) is 12.1. The molecule has 2 heterocycles. The number of hydrogen-bond acceptors (Lipinski definition) is 8. The van der Waals surface area contributed by atoms with Gasteiger partial charge < -0.3 is 16.4 Å². The van der Waals surface area contributed by atoms with Gasteiger partial charge in [-0.25, -0.2) is 9.59 Å². The topological polar surface area (TPSA) is 183 Å². The first kappa shape index (κ1) is 24.5. The normalized spacial score (nSPS) is 28.3. The van der Waals surface area contributed by atoms with Crippen LogP contribution in [0.4, 0.5) is 9.59 Å². The molecule has 4 aliphatic rings. The molecule has 0 aromatic carbocycles. The van der Waals surface area contributed by atoms with Crippen LogP contribution in [0.5, 0.6) is 0 Å². The summed E-state index contributed by atoms with van der Waals surface area (Å²) in [4.78, 5) is 67.5. The predicted molar refractivity (Wildman–Crippen MR) is 121 cm³/mol. The number of nitrogens with zero attached hydrogens (tertiary/aromatic N) is 4. The van der Waals surface area contributed by atoms with E-state index in [1.54, 1.807) is 0 Å². The smallest absolute Gasteiger partial charge is 0.334 e. The lowest BCUT2D eigenvalue weighted by Crippen LogP contribution is -2.61. The second-order valence-electron chi connectivity index (χ2n) is 9.95. The van der Waals surface area contributed by atoms with Gasteiger partial charge in [0.05, 0.1) is 11.5 Å². The minimum absolute atomic E-state index is 0.109. The monoisotopic (exact) mass is 485 g/mol. The van der Waals surface area contributed by atoms with Crippen molar-refractivity contribution >= 4 is 29.8 Å². The van der Waals surface area contributed by atoms with Crippen molar-refractivity contribution in [3.63, 3.8) is 0 Å². The summed E-state index contributed by atoms with van der Waals surface area (Å²) in [5.74, 6) is -2.35. The number of nitrogens with one attached hydrogen (secondary N) is 1. The molecule has 12 heteroatoms. The molecule has 7 amide bonds. The molecule has 188 valence electrons. The third kappa shape index (κ3) is 3.79. The van der Waals surface area contributed by atoms with Crippen molar-refractivity contribution in [3.8, 4) is 6.07 Å². The van der Waals surface area contributed by atoms with Crippen molar-refractivity contribution < 1.29 is 24.0 Å². The number of hydrogen-bond donors (Lipinski definition) is 3. The average Bonchev–Trinajstić information content (AvgIpc) is 3.03. The summed E-state index contributed by atoms with van der Waals surface area (Å²) in [5, 5.41) is 12.4. The maximum absolute atomic E-state index is 13.2. The highest BCUT2D eigenvalue weighted by molar-refractivity contribution is 6.29. The molecule has 0 atom stereocenters. The van der Waals surface area contributed by atoms with E-state index in [-0.39, 0.29) is 19.0 Å². The Kier molecular flexibility index (Phi) is 6.21. The third-order valence-electron chi connectivity index (χ3n) is 7.91. The number of carbonyl (C=O) groups excluding carboxylic acids is 5. The molecule has 0 unspecified atom stereocenters. The molecular weight excluding hydrogens is 454 g/mol. The van der Waals surface area contributed by atoms with E-state index in [9.17, 15) is 29.2 Å². The van der Waals surface area contributed by atoms with Gasteiger partial charge in [-0.05, 0) is 51.4 Å². The minimum atomic E-state index is -0.911. The van der Waals surface area contributed by atoms with Crippen LogP contribution in [0.15, 0.2) is 11.4 Å². The van der Waals surface area contributed by atoms with Gasteiger partial charge in [0.15, 0.2) is 0 Å². The summed E-state index contributed by atoms with van der Waals surface area (Å²) in [6, 6.07) is 0.617. The maximum Gasteiger partial charge on any atom is 0.334 e. The van der Waals surface area contributed by atoms with E-state index in [2.05, 4.69) is 11.4 Å². The first-order valence-corrected chi connectivity index (χ1v) is 12.1. The van der Waals surface area contributed by atoms with E-state index in [1.165, 1.54) is 4.90 Å². The fourth-order valence-electron chi connectivity index (χ4n) is 5.58. The van der Waals surface area contributed by atoms with Crippen LogP contribution in [0.25, 0.3) is 0 Å². The molecule has 12 nitrogen and oxygen atoms in total. The second kappa shape index (κ2) is 8.87. The minimum Gasteiger partial charge on any atom is -0.385 e. The molecule has 0 aromatic heterocycles. The van der Waals surface area contributed by atoms with Gasteiger partial charge >= 0.3 is 12.1 Å². The summed E-state index contributed by atoms with van der Waals surface area (Å²) in [6.45, 7) is 2.17. The Morgan fingerprint density at radius 2 is 1.74 bits per heavy atom. The van der Waals surface area contributed by atoms with Gasteiger partial charge in [0.2, 0.25) is 0 Å². The van der Waals surface area contributed by atoms with Crippen LogP contribution in [-0.2, 0) is 14.4 Å². The van der Waals surface area contributed by atoms with Gasteiger partial charge in [0.1, 0.15) is 16.9 Å². The third-order valence-corrected chi connectivity index (χ3v) is 7.91. The number of nitriles is 1. The number of amides is 7. The SMILES string of the molecule is CCCCN1C(=O)C(=C(N)N)C(=O)N(C2CCC(C#N)(CN3C(=O)NC(=O)C34CCC4)CC2)C1=O. The quantitative estimate of drug-likeness (QED) is 0.278. The highest BCUT2D eigenvalue weighted by Crippen LogP contribution is 2.46. The number of imide groups is 3. The molecule has 2 aliphatic heterocycles. The summed E-state index contributed by atoms with van der Waals surface area (Å²) in [5.41, 5.74) is 9.09. The Bertz CT molecular complexity index is 1040. The van der Waals surface area contributed by atoms with E-state index in [0.29, 0.717) is 44.9 Å². The fraction of sp³-hybridized carbons (Fsp3) is 0.652. The number of barbiturate groups is 1. The van der Waals surface area contributed by atoms with Gasteiger partial charge in [0.25, 0.3) is 17.7 Å². The van der Waals surface area contributed by atoms with Crippen molar-refractivity contribution in [2.24, 2.45) is 16.9 Å². The molecule has 5 N–H and O–H groups in total. The Hall–Kier alpha value is -3.62. The summed E-state index contributed by atoms with van der Waals surface area (Å²) in [7, 11) is 0. The van der Waals surface area contributed by atoms with E-state index < -0.39 is 52.3 Å². The first-order chi connectivity index (χ1) is 16.6. The molecule has 0 bridgehead atoms.